The molecule has 0 aromatic rings. The zero-order valence-electron chi connectivity index (χ0n) is 11.7. The fourth-order valence-electron chi connectivity index (χ4n) is 1.04. The molecule has 0 saturated carbocycles. The molecule has 1 amide bonds. The minimum absolute atomic E-state index is 0.0388. The van der Waals surface area contributed by atoms with Crippen LogP contribution in [0.3, 0.4) is 0 Å². The molecule has 0 heterocycles. The number of rotatable bonds is 6. The highest BCUT2D eigenvalue weighted by molar-refractivity contribution is 5.68. The number of carboxylic acids is 1. The van der Waals surface area contributed by atoms with Gasteiger partial charge in [-0.1, -0.05) is 0 Å². The molecule has 18 heavy (non-hydrogen) atoms. The Labute approximate surface area is 108 Å². The summed E-state index contributed by atoms with van der Waals surface area (Å²) in [5.41, 5.74) is -0.533. The zero-order chi connectivity index (χ0) is 14.3. The lowest BCUT2D eigenvalue weighted by Crippen LogP contribution is -2.41. The van der Waals surface area contributed by atoms with E-state index in [1.54, 1.807) is 27.8 Å². The van der Waals surface area contributed by atoms with Gasteiger partial charge in [0.05, 0.1) is 25.7 Å². The van der Waals surface area contributed by atoms with Gasteiger partial charge in [0.1, 0.15) is 5.60 Å². The summed E-state index contributed by atoms with van der Waals surface area (Å²) in [6.07, 6.45) is -0.458. The summed E-state index contributed by atoms with van der Waals surface area (Å²) in [5.74, 6) is -0.900. The van der Waals surface area contributed by atoms with Crippen LogP contribution in [-0.4, -0.2) is 54.0 Å². The van der Waals surface area contributed by atoms with Crippen LogP contribution in [0.15, 0.2) is 0 Å². The van der Waals surface area contributed by atoms with Gasteiger partial charge in [-0.15, -0.1) is 0 Å². The molecule has 0 aromatic heterocycles. The number of ether oxygens (including phenoxy) is 2. The third-order valence-electron chi connectivity index (χ3n) is 2.16. The first kappa shape index (κ1) is 16.7. The Balaban J connectivity index is 3.98. The molecule has 0 saturated heterocycles. The topological polar surface area (TPSA) is 76.1 Å². The molecule has 0 aliphatic rings. The van der Waals surface area contributed by atoms with Gasteiger partial charge in [-0.3, -0.25) is 4.79 Å². The molecule has 0 aliphatic heterocycles. The van der Waals surface area contributed by atoms with Gasteiger partial charge in [0.2, 0.25) is 0 Å². The maximum absolute atomic E-state index is 11.7. The minimum atomic E-state index is -0.900. The third kappa shape index (κ3) is 7.89. The molecular formula is C12H23NO5. The zero-order valence-corrected chi connectivity index (χ0v) is 11.7. The highest BCUT2D eigenvalue weighted by Gasteiger charge is 2.22. The smallest absolute Gasteiger partial charge is 0.410 e. The number of carbonyl (C=O) groups excluding carboxylic acids is 1. The van der Waals surface area contributed by atoms with E-state index in [0.717, 1.165) is 0 Å². The fourth-order valence-corrected chi connectivity index (χ4v) is 1.04. The molecule has 0 spiro atoms. The maximum atomic E-state index is 11.7. The summed E-state index contributed by atoms with van der Waals surface area (Å²) < 4.78 is 10.4. The Morgan fingerprint density at radius 1 is 1.33 bits per heavy atom. The van der Waals surface area contributed by atoms with Crippen molar-refractivity contribution in [3.8, 4) is 0 Å². The summed E-state index contributed by atoms with van der Waals surface area (Å²) >= 11 is 0. The second-order valence-corrected chi connectivity index (χ2v) is 5.16. The van der Waals surface area contributed by atoms with Gasteiger partial charge >= 0.3 is 12.1 Å². The number of hydrogen-bond donors (Lipinski definition) is 1. The van der Waals surface area contributed by atoms with Crippen LogP contribution < -0.4 is 0 Å². The Kier molecular flexibility index (Phi) is 6.68. The highest BCUT2D eigenvalue weighted by Crippen LogP contribution is 2.10. The van der Waals surface area contributed by atoms with Crippen LogP contribution in [0.4, 0.5) is 4.79 Å². The van der Waals surface area contributed by atoms with E-state index >= 15 is 0 Å². The first-order valence-corrected chi connectivity index (χ1v) is 5.89. The monoisotopic (exact) mass is 261 g/mol. The van der Waals surface area contributed by atoms with Gasteiger partial charge < -0.3 is 19.5 Å². The lowest BCUT2D eigenvalue weighted by molar-refractivity contribution is -0.138. The van der Waals surface area contributed by atoms with Crippen LogP contribution in [0.5, 0.6) is 0 Å². The summed E-state index contributed by atoms with van der Waals surface area (Å²) in [7, 11) is 1.62. The molecule has 0 radical (unpaired) electrons. The van der Waals surface area contributed by atoms with Crippen molar-refractivity contribution in [2.75, 3.05) is 20.3 Å². The molecule has 6 nitrogen and oxygen atoms in total. The van der Waals surface area contributed by atoms with E-state index in [1.807, 2.05) is 6.92 Å². The van der Waals surface area contributed by atoms with Crippen molar-refractivity contribution in [2.24, 2.45) is 0 Å². The number of carbonyl (C=O) groups is 2. The van der Waals surface area contributed by atoms with Crippen LogP contribution in [0.2, 0.25) is 0 Å². The normalized spacial score (nSPS) is 12.9. The number of carboxylic acid groups (broad SMARTS) is 1. The SMILES string of the molecule is C[C@@H](COCCC(=O)O)N(C)C(=O)OC(C)(C)C. The second-order valence-electron chi connectivity index (χ2n) is 5.16. The van der Waals surface area contributed by atoms with E-state index in [1.165, 1.54) is 4.90 Å². The van der Waals surface area contributed by atoms with Gasteiger partial charge in [-0.25, -0.2) is 4.79 Å². The van der Waals surface area contributed by atoms with E-state index < -0.39 is 17.7 Å². The summed E-state index contributed by atoms with van der Waals surface area (Å²) in [4.78, 5) is 23.4. The van der Waals surface area contributed by atoms with Crippen LogP contribution in [0, 0.1) is 0 Å². The largest absolute Gasteiger partial charge is 0.481 e. The molecule has 1 atom stereocenters. The first-order valence-electron chi connectivity index (χ1n) is 5.89. The standard InChI is InChI=1S/C12H23NO5/c1-9(8-17-7-6-10(14)15)13(5)11(16)18-12(2,3)4/h9H,6-8H2,1-5H3,(H,14,15)/t9-/m0/s1. The quantitative estimate of drug-likeness (QED) is 0.737. The van der Waals surface area contributed by atoms with Crippen molar-refractivity contribution in [1.82, 2.24) is 4.90 Å². The van der Waals surface area contributed by atoms with Gasteiger partial charge in [-0.2, -0.15) is 0 Å². The van der Waals surface area contributed by atoms with Crippen molar-refractivity contribution in [3.63, 3.8) is 0 Å². The van der Waals surface area contributed by atoms with Gasteiger partial charge in [0.15, 0.2) is 0 Å². The van der Waals surface area contributed by atoms with E-state index in [2.05, 4.69) is 0 Å². The summed E-state index contributed by atoms with van der Waals surface area (Å²) in [6.45, 7) is 7.63. The molecular weight excluding hydrogens is 238 g/mol. The average molecular weight is 261 g/mol. The number of likely N-dealkylation sites (N-methyl/N-ethyl adjacent to an activating group) is 1. The van der Waals surface area contributed by atoms with Crippen LogP contribution >= 0.6 is 0 Å². The Bertz CT molecular complexity index is 285. The van der Waals surface area contributed by atoms with Crippen molar-refractivity contribution in [1.29, 1.82) is 0 Å². The molecule has 0 aliphatic carbocycles. The van der Waals surface area contributed by atoms with Gasteiger partial charge in [0.25, 0.3) is 0 Å². The van der Waals surface area contributed by atoms with Gasteiger partial charge in [-0.05, 0) is 27.7 Å². The molecule has 0 fully saturated rings. The van der Waals surface area contributed by atoms with E-state index in [-0.39, 0.29) is 25.7 Å². The number of nitrogens with zero attached hydrogens (tertiary/aromatic N) is 1. The van der Waals surface area contributed by atoms with E-state index in [9.17, 15) is 9.59 Å². The Hall–Kier alpha value is -1.30. The maximum Gasteiger partial charge on any atom is 0.410 e. The van der Waals surface area contributed by atoms with Gasteiger partial charge in [0, 0.05) is 7.05 Å². The average Bonchev–Trinajstić information content (AvgIpc) is 2.20. The lowest BCUT2D eigenvalue weighted by Gasteiger charge is -2.28. The summed E-state index contributed by atoms with van der Waals surface area (Å²) in [5, 5.41) is 8.44. The number of amides is 1. The molecule has 0 unspecified atom stereocenters. The molecule has 0 bridgehead atoms. The fraction of sp³-hybridized carbons (Fsp3) is 0.833. The van der Waals surface area contributed by atoms with Crippen LogP contribution in [0.1, 0.15) is 34.1 Å². The lowest BCUT2D eigenvalue weighted by atomic mass is 10.2. The van der Waals surface area contributed by atoms with E-state index in [0.29, 0.717) is 0 Å². The Morgan fingerprint density at radius 2 is 1.89 bits per heavy atom. The van der Waals surface area contributed by atoms with Crippen molar-refractivity contribution in [2.45, 2.75) is 45.8 Å². The first-order chi connectivity index (χ1) is 8.13. The molecule has 1 N–H and O–H groups in total. The van der Waals surface area contributed by atoms with E-state index in [4.69, 9.17) is 14.6 Å². The predicted molar refractivity (Wildman–Crippen MR) is 66.5 cm³/mol. The van der Waals surface area contributed by atoms with Crippen LogP contribution in [0.25, 0.3) is 0 Å². The second kappa shape index (κ2) is 7.20. The third-order valence-corrected chi connectivity index (χ3v) is 2.16. The number of hydrogen-bond acceptors (Lipinski definition) is 4. The van der Waals surface area contributed by atoms with Crippen molar-refractivity contribution < 1.29 is 24.2 Å². The Morgan fingerprint density at radius 3 is 2.33 bits per heavy atom. The minimum Gasteiger partial charge on any atom is -0.481 e. The molecule has 0 aromatic carbocycles. The van der Waals surface area contributed by atoms with Crippen molar-refractivity contribution in [3.05, 3.63) is 0 Å². The molecule has 106 valence electrons. The summed E-state index contributed by atoms with van der Waals surface area (Å²) in [6, 6.07) is -0.173. The predicted octanol–water partition coefficient (Wildman–Crippen LogP) is 1.73. The molecule has 0 rings (SSSR count). The van der Waals surface area contributed by atoms with Crippen LogP contribution in [-0.2, 0) is 14.3 Å². The van der Waals surface area contributed by atoms with Crippen molar-refractivity contribution >= 4 is 12.1 Å². The number of aliphatic carboxylic acids is 1. The highest BCUT2D eigenvalue weighted by atomic mass is 16.6. The molecule has 6 heteroatoms.